The average molecular weight is 235 g/mol. The van der Waals surface area contributed by atoms with Gasteiger partial charge in [-0.15, -0.1) is 0 Å². The fourth-order valence-corrected chi connectivity index (χ4v) is 4.08. The van der Waals surface area contributed by atoms with Crippen LogP contribution in [0, 0.1) is 0 Å². The van der Waals surface area contributed by atoms with E-state index in [9.17, 15) is 13.5 Å². The molecule has 0 bridgehead atoms. The van der Waals surface area contributed by atoms with E-state index in [0.29, 0.717) is 19.4 Å². The molecule has 1 fully saturated rings. The molecule has 0 amide bonds. The summed E-state index contributed by atoms with van der Waals surface area (Å²) in [6, 6.07) is 0. The molecule has 1 aliphatic rings. The summed E-state index contributed by atoms with van der Waals surface area (Å²) < 4.78 is 25.4. The number of rotatable bonds is 3. The van der Waals surface area contributed by atoms with Crippen LogP contribution in [0.1, 0.15) is 40.0 Å². The van der Waals surface area contributed by atoms with Crippen LogP contribution in [-0.4, -0.2) is 41.8 Å². The summed E-state index contributed by atoms with van der Waals surface area (Å²) in [5.41, 5.74) is -0.660. The minimum absolute atomic E-state index is 0.170. The Bertz CT molecular complexity index is 311. The Morgan fingerprint density at radius 3 is 2.60 bits per heavy atom. The Hall–Kier alpha value is -0.130. The molecule has 90 valence electrons. The van der Waals surface area contributed by atoms with Gasteiger partial charge in [-0.25, -0.2) is 8.42 Å². The van der Waals surface area contributed by atoms with E-state index in [1.54, 1.807) is 13.8 Å². The standard InChI is InChI=1S/C10H21NO3S/c1-4-8-15(13,14)11-7-5-6-9(12)10(11,2)3/h9,12H,4-8H2,1-3H3. The lowest BCUT2D eigenvalue weighted by molar-refractivity contribution is 0.000251. The minimum Gasteiger partial charge on any atom is -0.391 e. The molecule has 1 aliphatic heterocycles. The van der Waals surface area contributed by atoms with Crippen LogP contribution in [0.5, 0.6) is 0 Å². The summed E-state index contributed by atoms with van der Waals surface area (Å²) in [5, 5.41) is 9.83. The second-order valence-electron chi connectivity index (χ2n) is 4.70. The first-order valence-corrected chi connectivity index (χ1v) is 7.12. The highest BCUT2D eigenvalue weighted by atomic mass is 32.2. The van der Waals surface area contributed by atoms with E-state index in [-0.39, 0.29) is 5.75 Å². The van der Waals surface area contributed by atoms with Gasteiger partial charge in [-0.3, -0.25) is 0 Å². The lowest BCUT2D eigenvalue weighted by Gasteiger charge is -2.44. The molecule has 5 heteroatoms. The second kappa shape index (κ2) is 4.39. The van der Waals surface area contributed by atoms with Gasteiger partial charge in [0.2, 0.25) is 10.0 Å². The van der Waals surface area contributed by atoms with Gasteiger partial charge in [0.25, 0.3) is 0 Å². The number of aliphatic hydroxyl groups is 1. The molecule has 0 saturated carbocycles. The molecule has 4 nitrogen and oxygen atoms in total. The van der Waals surface area contributed by atoms with Gasteiger partial charge in [-0.2, -0.15) is 4.31 Å². The van der Waals surface area contributed by atoms with E-state index in [2.05, 4.69) is 0 Å². The Morgan fingerprint density at radius 1 is 1.47 bits per heavy atom. The van der Waals surface area contributed by atoms with Crippen LogP contribution in [0.15, 0.2) is 0 Å². The van der Waals surface area contributed by atoms with Crippen LogP contribution in [0.4, 0.5) is 0 Å². The highest BCUT2D eigenvalue weighted by Gasteiger charge is 2.43. The van der Waals surface area contributed by atoms with E-state index >= 15 is 0 Å². The maximum absolute atomic E-state index is 12.0. The van der Waals surface area contributed by atoms with Crippen LogP contribution in [-0.2, 0) is 10.0 Å². The summed E-state index contributed by atoms with van der Waals surface area (Å²) in [4.78, 5) is 0. The topological polar surface area (TPSA) is 57.6 Å². The molecule has 0 aromatic carbocycles. The molecule has 1 heterocycles. The second-order valence-corrected chi connectivity index (χ2v) is 6.71. The van der Waals surface area contributed by atoms with Crippen molar-refractivity contribution in [3.63, 3.8) is 0 Å². The van der Waals surface area contributed by atoms with Gasteiger partial charge >= 0.3 is 0 Å². The Balaban J connectivity index is 2.93. The van der Waals surface area contributed by atoms with E-state index < -0.39 is 21.7 Å². The number of nitrogens with zero attached hydrogens (tertiary/aromatic N) is 1. The molecule has 15 heavy (non-hydrogen) atoms. The summed E-state index contributed by atoms with van der Waals surface area (Å²) >= 11 is 0. The van der Waals surface area contributed by atoms with E-state index in [0.717, 1.165) is 6.42 Å². The molecular formula is C10H21NO3S. The largest absolute Gasteiger partial charge is 0.391 e. The molecule has 1 saturated heterocycles. The van der Waals surface area contributed by atoms with Crippen LogP contribution < -0.4 is 0 Å². The molecular weight excluding hydrogens is 214 g/mol. The first-order chi connectivity index (χ1) is 6.82. The zero-order valence-corrected chi connectivity index (χ0v) is 10.5. The molecule has 0 radical (unpaired) electrons. The fraction of sp³-hybridized carbons (Fsp3) is 1.00. The van der Waals surface area contributed by atoms with Gasteiger partial charge in [0.1, 0.15) is 0 Å². The lowest BCUT2D eigenvalue weighted by atomic mass is 9.90. The molecule has 1 atom stereocenters. The normalized spacial score (nSPS) is 27.9. The molecule has 1 unspecified atom stereocenters. The summed E-state index contributed by atoms with van der Waals surface area (Å²) in [6.45, 7) is 5.98. The number of piperidine rings is 1. The third-order valence-corrected chi connectivity index (χ3v) is 5.34. The zero-order valence-electron chi connectivity index (χ0n) is 9.73. The Labute approximate surface area is 92.3 Å². The third-order valence-electron chi connectivity index (χ3n) is 3.09. The van der Waals surface area contributed by atoms with Crippen LogP contribution >= 0.6 is 0 Å². The van der Waals surface area contributed by atoms with Crippen molar-refractivity contribution in [1.82, 2.24) is 4.31 Å². The highest BCUT2D eigenvalue weighted by molar-refractivity contribution is 7.89. The number of aliphatic hydroxyl groups excluding tert-OH is 1. The van der Waals surface area contributed by atoms with Gasteiger partial charge < -0.3 is 5.11 Å². The SMILES string of the molecule is CCCS(=O)(=O)N1CCCC(O)C1(C)C. The third kappa shape index (κ3) is 2.52. The van der Waals surface area contributed by atoms with Crippen molar-refractivity contribution in [3.8, 4) is 0 Å². The Kier molecular flexibility index (Phi) is 3.79. The first kappa shape index (κ1) is 12.9. The van der Waals surface area contributed by atoms with Gasteiger partial charge in [-0.05, 0) is 33.1 Å². The van der Waals surface area contributed by atoms with Crippen LogP contribution in [0.3, 0.4) is 0 Å². The first-order valence-electron chi connectivity index (χ1n) is 5.51. The maximum atomic E-state index is 12.0. The van der Waals surface area contributed by atoms with Gasteiger partial charge in [0.05, 0.1) is 17.4 Å². The smallest absolute Gasteiger partial charge is 0.214 e. The highest BCUT2D eigenvalue weighted by Crippen LogP contribution is 2.30. The molecule has 1 rings (SSSR count). The van der Waals surface area contributed by atoms with Crippen molar-refractivity contribution >= 4 is 10.0 Å². The average Bonchev–Trinajstić information content (AvgIpc) is 2.09. The molecule has 0 spiro atoms. The van der Waals surface area contributed by atoms with E-state index in [1.165, 1.54) is 4.31 Å². The van der Waals surface area contributed by atoms with Crippen molar-refractivity contribution in [2.45, 2.75) is 51.7 Å². The molecule has 0 aromatic rings. The van der Waals surface area contributed by atoms with Crippen molar-refractivity contribution in [1.29, 1.82) is 0 Å². The molecule has 0 aliphatic carbocycles. The summed E-state index contributed by atoms with van der Waals surface area (Å²) in [5.74, 6) is 0.170. The van der Waals surface area contributed by atoms with Crippen molar-refractivity contribution in [2.24, 2.45) is 0 Å². The van der Waals surface area contributed by atoms with E-state index in [1.807, 2.05) is 6.92 Å². The Morgan fingerprint density at radius 2 is 2.07 bits per heavy atom. The van der Waals surface area contributed by atoms with Gasteiger partial charge in [-0.1, -0.05) is 6.92 Å². The lowest BCUT2D eigenvalue weighted by Crippen LogP contribution is -2.58. The predicted octanol–water partition coefficient (Wildman–Crippen LogP) is 0.962. The van der Waals surface area contributed by atoms with Crippen LogP contribution in [0.2, 0.25) is 0 Å². The summed E-state index contributed by atoms with van der Waals surface area (Å²) in [7, 11) is -3.20. The fourth-order valence-electron chi connectivity index (χ4n) is 2.10. The minimum atomic E-state index is -3.20. The van der Waals surface area contributed by atoms with Crippen molar-refractivity contribution in [2.75, 3.05) is 12.3 Å². The number of hydrogen-bond acceptors (Lipinski definition) is 3. The van der Waals surface area contributed by atoms with Crippen molar-refractivity contribution < 1.29 is 13.5 Å². The number of hydrogen-bond donors (Lipinski definition) is 1. The quantitative estimate of drug-likeness (QED) is 0.792. The van der Waals surface area contributed by atoms with Gasteiger partial charge in [0, 0.05) is 6.54 Å². The van der Waals surface area contributed by atoms with Crippen molar-refractivity contribution in [3.05, 3.63) is 0 Å². The predicted molar refractivity (Wildman–Crippen MR) is 60.1 cm³/mol. The van der Waals surface area contributed by atoms with Crippen LogP contribution in [0.25, 0.3) is 0 Å². The van der Waals surface area contributed by atoms with E-state index in [4.69, 9.17) is 0 Å². The number of sulfonamides is 1. The summed E-state index contributed by atoms with van der Waals surface area (Å²) in [6.07, 6.45) is 1.49. The molecule has 1 N–H and O–H groups in total. The molecule has 0 aromatic heterocycles. The maximum Gasteiger partial charge on any atom is 0.214 e. The zero-order chi connectivity index (χ0) is 11.7. The monoisotopic (exact) mass is 235 g/mol. The van der Waals surface area contributed by atoms with Gasteiger partial charge in [0.15, 0.2) is 0 Å².